The smallest absolute Gasteiger partial charge is 0.256 e. The van der Waals surface area contributed by atoms with Crippen LogP contribution in [0.25, 0.3) is 0 Å². The van der Waals surface area contributed by atoms with Crippen LogP contribution < -0.4 is 5.32 Å². The van der Waals surface area contributed by atoms with Crippen molar-refractivity contribution < 1.29 is 15.0 Å². The van der Waals surface area contributed by atoms with E-state index in [2.05, 4.69) is 5.32 Å². The molecule has 0 aliphatic rings. The second kappa shape index (κ2) is 6.66. The largest absolute Gasteiger partial charge is 0.505 e. The molecule has 106 valence electrons. The zero-order chi connectivity index (χ0) is 14.7. The van der Waals surface area contributed by atoms with E-state index in [1.165, 1.54) is 6.07 Å². The lowest BCUT2D eigenvalue weighted by Crippen LogP contribution is -2.34. The molecule has 1 aromatic carbocycles. The molecule has 1 atom stereocenters. The van der Waals surface area contributed by atoms with E-state index in [4.69, 9.17) is 34.8 Å². The summed E-state index contributed by atoms with van der Waals surface area (Å²) >= 11 is 17.4. The Morgan fingerprint density at radius 3 is 2.42 bits per heavy atom. The fraction of sp³-hybridized carbons (Fsp3) is 0.417. The first-order valence-corrected chi connectivity index (χ1v) is 6.71. The molecule has 4 nitrogen and oxygen atoms in total. The molecule has 0 radical (unpaired) electrons. The van der Waals surface area contributed by atoms with E-state index in [1.54, 1.807) is 0 Å². The molecule has 1 aromatic rings. The molecule has 0 spiro atoms. The molecule has 0 fully saturated rings. The van der Waals surface area contributed by atoms with Crippen LogP contribution in [0.5, 0.6) is 5.75 Å². The monoisotopic (exact) mass is 325 g/mol. The summed E-state index contributed by atoms with van der Waals surface area (Å²) in [5, 5.41) is 21.7. The molecular weight excluding hydrogens is 312 g/mol. The molecule has 19 heavy (non-hydrogen) atoms. The summed E-state index contributed by atoms with van der Waals surface area (Å²) in [5.41, 5.74) is -0.199. The summed E-state index contributed by atoms with van der Waals surface area (Å²) in [6.07, 6.45) is -0.695. The molecule has 1 unspecified atom stereocenters. The molecule has 0 saturated carbocycles. The highest BCUT2D eigenvalue weighted by Crippen LogP contribution is 2.38. The van der Waals surface area contributed by atoms with Gasteiger partial charge in [-0.05, 0) is 12.0 Å². The van der Waals surface area contributed by atoms with Crippen molar-refractivity contribution in [1.82, 2.24) is 5.32 Å². The zero-order valence-corrected chi connectivity index (χ0v) is 12.6. The van der Waals surface area contributed by atoms with Crippen LogP contribution in [0.1, 0.15) is 24.2 Å². The summed E-state index contributed by atoms with van der Waals surface area (Å²) in [5.74, 6) is -1.09. The van der Waals surface area contributed by atoms with Crippen LogP contribution in [0.2, 0.25) is 15.1 Å². The van der Waals surface area contributed by atoms with Crippen molar-refractivity contribution in [3.8, 4) is 5.75 Å². The standard InChI is InChI=1S/C12H14Cl3NO3/c1-5(2)8(17)4-16-12(19)9-10(15)6(13)3-7(14)11(9)18/h3,5,8,17-18H,4H2,1-2H3,(H,16,19). The molecule has 1 amide bonds. The lowest BCUT2D eigenvalue weighted by atomic mass is 10.1. The summed E-state index contributed by atoms with van der Waals surface area (Å²) in [7, 11) is 0. The van der Waals surface area contributed by atoms with Gasteiger partial charge < -0.3 is 15.5 Å². The van der Waals surface area contributed by atoms with Crippen LogP contribution in [0, 0.1) is 5.92 Å². The third kappa shape index (κ3) is 3.89. The van der Waals surface area contributed by atoms with Crippen molar-refractivity contribution in [2.24, 2.45) is 5.92 Å². The van der Waals surface area contributed by atoms with Crippen LogP contribution in [0.4, 0.5) is 0 Å². The predicted molar refractivity (Wildman–Crippen MR) is 76.3 cm³/mol. The minimum Gasteiger partial charge on any atom is -0.505 e. The minimum atomic E-state index is -0.695. The third-order valence-electron chi connectivity index (χ3n) is 2.61. The van der Waals surface area contributed by atoms with Gasteiger partial charge in [0, 0.05) is 6.54 Å². The van der Waals surface area contributed by atoms with Gasteiger partial charge >= 0.3 is 0 Å². The van der Waals surface area contributed by atoms with Gasteiger partial charge in [-0.3, -0.25) is 4.79 Å². The molecule has 1 rings (SSSR count). The van der Waals surface area contributed by atoms with Gasteiger partial charge in [0.25, 0.3) is 5.91 Å². The van der Waals surface area contributed by atoms with Crippen molar-refractivity contribution >= 4 is 40.7 Å². The molecule has 0 bridgehead atoms. The van der Waals surface area contributed by atoms with Gasteiger partial charge in [0.05, 0.1) is 21.2 Å². The summed E-state index contributed by atoms with van der Waals surface area (Å²) in [6, 6.07) is 1.25. The molecule has 0 aromatic heterocycles. The number of amides is 1. The summed E-state index contributed by atoms with van der Waals surface area (Å²) < 4.78 is 0. The lowest BCUT2D eigenvalue weighted by molar-refractivity contribution is 0.0869. The zero-order valence-electron chi connectivity index (χ0n) is 10.4. The molecule has 3 N–H and O–H groups in total. The highest BCUT2D eigenvalue weighted by molar-refractivity contribution is 6.45. The number of phenols is 1. The van der Waals surface area contributed by atoms with Crippen molar-refractivity contribution in [2.75, 3.05) is 6.54 Å². The number of halogens is 3. The Balaban J connectivity index is 2.95. The van der Waals surface area contributed by atoms with Gasteiger partial charge in [0.15, 0.2) is 0 Å². The summed E-state index contributed by atoms with van der Waals surface area (Å²) in [4.78, 5) is 11.9. The Bertz CT molecular complexity index is 465. The highest BCUT2D eigenvalue weighted by atomic mass is 35.5. The predicted octanol–water partition coefficient (Wildman–Crippen LogP) is 3.10. The Morgan fingerprint density at radius 1 is 1.32 bits per heavy atom. The van der Waals surface area contributed by atoms with Crippen molar-refractivity contribution in [1.29, 1.82) is 0 Å². The number of carbonyl (C=O) groups is 1. The van der Waals surface area contributed by atoms with Crippen LogP contribution in [-0.4, -0.2) is 28.8 Å². The number of nitrogens with one attached hydrogen (secondary N) is 1. The minimum absolute atomic E-state index is 0.00711. The molecular formula is C12H14Cl3NO3. The van der Waals surface area contributed by atoms with Crippen LogP contribution >= 0.6 is 34.8 Å². The molecule has 7 heteroatoms. The second-order valence-electron chi connectivity index (χ2n) is 4.40. The van der Waals surface area contributed by atoms with E-state index >= 15 is 0 Å². The van der Waals surface area contributed by atoms with E-state index < -0.39 is 17.8 Å². The second-order valence-corrected chi connectivity index (χ2v) is 5.59. The van der Waals surface area contributed by atoms with E-state index in [1.807, 2.05) is 13.8 Å². The van der Waals surface area contributed by atoms with Gasteiger partial charge in [-0.1, -0.05) is 48.7 Å². The van der Waals surface area contributed by atoms with Crippen LogP contribution in [-0.2, 0) is 0 Å². The molecule has 0 heterocycles. The maximum Gasteiger partial charge on any atom is 0.256 e. The van der Waals surface area contributed by atoms with E-state index in [0.29, 0.717) is 0 Å². The first-order valence-electron chi connectivity index (χ1n) is 5.58. The number of carbonyl (C=O) groups excluding carboxylic acids is 1. The van der Waals surface area contributed by atoms with Crippen molar-refractivity contribution in [3.63, 3.8) is 0 Å². The Morgan fingerprint density at radius 2 is 1.89 bits per heavy atom. The van der Waals surface area contributed by atoms with Gasteiger partial charge in [-0.15, -0.1) is 0 Å². The van der Waals surface area contributed by atoms with Crippen molar-refractivity contribution in [2.45, 2.75) is 20.0 Å². The number of phenolic OH excluding ortho intramolecular Hbond substituents is 1. The Labute approximate surface area is 126 Å². The topological polar surface area (TPSA) is 69.6 Å². The molecule has 0 aliphatic heterocycles. The maximum atomic E-state index is 11.9. The van der Waals surface area contributed by atoms with Crippen molar-refractivity contribution in [3.05, 3.63) is 26.7 Å². The number of aliphatic hydroxyl groups excluding tert-OH is 1. The average Bonchev–Trinajstić information content (AvgIpc) is 2.33. The summed E-state index contributed by atoms with van der Waals surface area (Å²) in [6.45, 7) is 3.67. The number of hydrogen-bond donors (Lipinski definition) is 3. The first-order chi connectivity index (χ1) is 8.75. The van der Waals surface area contributed by atoms with E-state index in [0.717, 1.165) is 0 Å². The van der Waals surface area contributed by atoms with Gasteiger partial charge in [0.1, 0.15) is 11.3 Å². The van der Waals surface area contributed by atoms with Crippen LogP contribution in [0.3, 0.4) is 0 Å². The SMILES string of the molecule is CC(C)C(O)CNC(=O)c1c(O)c(Cl)cc(Cl)c1Cl. The molecule has 0 saturated heterocycles. The Kier molecular flexibility index (Phi) is 5.74. The van der Waals surface area contributed by atoms with Gasteiger partial charge in [0.2, 0.25) is 0 Å². The van der Waals surface area contributed by atoms with Gasteiger partial charge in [-0.2, -0.15) is 0 Å². The average molecular weight is 327 g/mol. The fourth-order valence-electron chi connectivity index (χ4n) is 1.31. The van der Waals surface area contributed by atoms with Gasteiger partial charge in [-0.25, -0.2) is 0 Å². The quantitative estimate of drug-likeness (QED) is 0.745. The Hall–Kier alpha value is -0.680. The third-order valence-corrected chi connectivity index (χ3v) is 3.69. The fourth-order valence-corrected chi connectivity index (χ4v) is 2.01. The van der Waals surface area contributed by atoms with Crippen LogP contribution in [0.15, 0.2) is 6.07 Å². The number of aliphatic hydroxyl groups is 1. The lowest BCUT2D eigenvalue weighted by Gasteiger charge is -2.16. The highest BCUT2D eigenvalue weighted by Gasteiger charge is 2.22. The number of rotatable bonds is 4. The van der Waals surface area contributed by atoms with E-state index in [9.17, 15) is 15.0 Å². The number of aromatic hydroxyl groups is 1. The molecule has 0 aliphatic carbocycles. The maximum absolute atomic E-state index is 11.9. The number of benzene rings is 1. The van der Waals surface area contributed by atoms with E-state index in [-0.39, 0.29) is 33.1 Å². The normalized spacial score (nSPS) is 12.6. The first kappa shape index (κ1) is 16.4. The number of hydrogen-bond acceptors (Lipinski definition) is 3.